The van der Waals surface area contributed by atoms with E-state index in [0.29, 0.717) is 29.6 Å². The van der Waals surface area contributed by atoms with Crippen LogP contribution in [-0.2, 0) is 6.61 Å². The number of hydrogen-bond donors (Lipinski definition) is 2. The third-order valence-electron chi connectivity index (χ3n) is 5.21. The molecule has 31 heavy (non-hydrogen) atoms. The van der Waals surface area contributed by atoms with Crippen molar-refractivity contribution >= 4 is 11.6 Å². The zero-order chi connectivity index (χ0) is 21.0. The van der Waals surface area contributed by atoms with Crippen LogP contribution in [-0.4, -0.2) is 21.1 Å². The Morgan fingerprint density at radius 3 is 2.58 bits per heavy atom. The van der Waals surface area contributed by atoms with Gasteiger partial charge in [0.1, 0.15) is 18.2 Å². The molecule has 5 rings (SSSR count). The van der Waals surface area contributed by atoms with E-state index in [9.17, 15) is 4.79 Å². The molecular weight excluding hydrogens is 388 g/mol. The van der Waals surface area contributed by atoms with Gasteiger partial charge in [0.2, 0.25) is 0 Å². The van der Waals surface area contributed by atoms with Gasteiger partial charge in [-0.05, 0) is 54.8 Å². The first-order valence-electron chi connectivity index (χ1n) is 10.4. The normalized spacial score (nSPS) is 13.0. The van der Waals surface area contributed by atoms with E-state index in [2.05, 4.69) is 20.5 Å². The second kappa shape index (κ2) is 8.44. The number of ether oxygens (including phenoxy) is 1. The van der Waals surface area contributed by atoms with Crippen LogP contribution in [0, 0.1) is 0 Å². The second-order valence-corrected chi connectivity index (χ2v) is 7.65. The minimum Gasteiger partial charge on any atom is -0.489 e. The van der Waals surface area contributed by atoms with Gasteiger partial charge < -0.3 is 10.1 Å². The fraction of sp³-hybridized carbons (Fsp3) is 0.160. The molecule has 6 nitrogen and oxygen atoms in total. The Labute approximate surface area is 180 Å². The number of carbonyl (C=O) groups excluding carboxylic acids is 1. The lowest BCUT2D eigenvalue weighted by Gasteiger charge is -2.08. The summed E-state index contributed by atoms with van der Waals surface area (Å²) in [4.78, 5) is 17.3. The Balaban J connectivity index is 1.22. The number of H-pyrrole nitrogens is 1. The van der Waals surface area contributed by atoms with E-state index in [1.807, 2.05) is 66.7 Å². The van der Waals surface area contributed by atoms with Gasteiger partial charge in [-0.25, -0.2) is 4.98 Å². The third-order valence-corrected chi connectivity index (χ3v) is 5.21. The van der Waals surface area contributed by atoms with Crippen LogP contribution in [0.1, 0.15) is 40.5 Å². The van der Waals surface area contributed by atoms with Gasteiger partial charge in [0.15, 0.2) is 5.82 Å². The first-order chi connectivity index (χ1) is 15.2. The number of carbonyl (C=O) groups is 1. The number of aromatic amines is 1. The molecule has 6 heteroatoms. The van der Waals surface area contributed by atoms with Crippen LogP contribution in [0.5, 0.6) is 5.75 Å². The van der Waals surface area contributed by atoms with E-state index in [0.717, 1.165) is 22.7 Å². The van der Waals surface area contributed by atoms with Crippen LogP contribution in [0.2, 0.25) is 0 Å². The number of hydrogen-bond acceptors (Lipinski definition) is 4. The number of para-hydroxylation sites is 1. The molecule has 0 unspecified atom stereocenters. The van der Waals surface area contributed by atoms with E-state index >= 15 is 0 Å². The molecule has 1 fully saturated rings. The van der Waals surface area contributed by atoms with E-state index < -0.39 is 0 Å². The molecule has 1 saturated carbocycles. The predicted molar refractivity (Wildman–Crippen MR) is 119 cm³/mol. The van der Waals surface area contributed by atoms with Crippen LogP contribution in [0.3, 0.4) is 0 Å². The Kier molecular flexibility index (Phi) is 5.19. The average Bonchev–Trinajstić information content (AvgIpc) is 3.55. The van der Waals surface area contributed by atoms with E-state index in [1.54, 1.807) is 12.1 Å². The van der Waals surface area contributed by atoms with Gasteiger partial charge in [-0.3, -0.25) is 9.89 Å². The number of rotatable bonds is 7. The van der Waals surface area contributed by atoms with Crippen LogP contribution >= 0.6 is 0 Å². The molecule has 0 atom stereocenters. The van der Waals surface area contributed by atoms with Crippen molar-refractivity contribution in [2.75, 3.05) is 5.32 Å². The molecule has 1 heterocycles. The maximum atomic E-state index is 12.7. The SMILES string of the molecule is O=C(Nc1cccc(-c2n[nH]c(C3CC3)n2)c1)c1ccc(COc2ccccc2)cc1. The zero-order valence-electron chi connectivity index (χ0n) is 16.9. The van der Waals surface area contributed by atoms with E-state index in [1.165, 1.54) is 12.8 Å². The third kappa shape index (κ3) is 4.64. The second-order valence-electron chi connectivity index (χ2n) is 7.65. The van der Waals surface area contributed by atoms with Crippen molar-refractivity contribution < 1.29 is 9.53 Å². The highest BCUT2D eigenvalue weighted by molar-refractivity contribution is 6.04. The summed E-state index contributed by atoms with van der Waals surface area (Å²) in [6.45, 7) is 0.452. The molecule has 1 aliphatic carbocycles. The van der Waals surface area contributed by atoms with Gasteiger partial charge in [-0.15, -0.1) is 0 Å². The number of benzene rings is 3. The Morgan fingerprint density at radius 2 is 1.81 bits per heavy atom. The zero-order valence-corrected chi connectivity index (χ0v) is 16.9. The largest absolute Gasteiger partial charge is 0.489 e. The summed E-state index contributed by atoms with van der Waals surface area (Å²) in [5.74, 6) is 2.77. The van der Waals surface area contributed by atoms with Gasteiger partial charge in [0, 0.05) is 22.7 Å². The molecule has 2 N–H and O–H groups in total. The number of amides is 1. The van der Waals surface area contributed by atoms with Crippen molar-refractivity contribution in [3.8, 4) is 17.1 Å². The highest BCUT2D eigenvalue weighted by Crippen LogP contribution is 2.38. The van der Waals surface area contributed by atoms with Gasteiger partial charge in [-0.1, -0.05) is 42.5 Å². The molecule has 0 radical (unpaired) electrons. The van der Waals surface area contributed by atoms with Crippen molar-refractivity contribution in [1.82, 2.24) is 15.2 Å². The highest BCUT2D eigenvalue weighted by Gasteiger charge is 2.27. The predicted octanol–water partition coefficient (Wildman–Crippen LogP) is 5.18. The maximum Gasteiger partial charge on any atom is 0.255 e. The highest BCUT2D eigenvalue weighted by atomic mass is 16.5. The molecule has 1 aromatic heterocycles. The molecule has 1 aliphatic rings. The smallest absolute Gasteiger partial charge is 0.255 e. The van der Waals surface area contributed by atoms with Gasteiger partial charge in [-0.2, -0.15) is 5.10 Å². The lowest BCUT2D eigenvalue weighted by atomic mass is 10.1. The summed E-state index contributed by atoms with van der Waals surface area (Å²) >= 11 is 0. The average molecular weight is 410 g/mol. The molecule has 0 aliphatic heterocycles. The Morgan fingerprint density at radius 1 is 1.00 bits per heavy atom. The van der Waals surface area contributed by atoms with Gasteiger partial charge >= 0.3 is 0 Å². The maximum absolute atomic E-state index is 12.7. The first kappa shape index (κ1) is 19.1. The number of aromatic nitrogens is 3. The summed E-state index contributed by atoms with van der Waals surface area (Å²) in [5, 5.41) is 10.3. The van der Waals surface area contributed by atoms with Crippen LogP contribution in [0.25, 0.3) is 11.4 Å². The fourth-order valence-corrected chi connectivity index (χ4v) is 3.32. The standard InChI is InChI=1S/C25H22N4O2/c30-25(19-11-9-17(10-12-19)16-31-22-7-2-1-3-8-22)26-21-6-4-5-20(15-21)24-27-23(28-29-24)18-13-14-18/h1-12,15,18H,13-14,16H2,(H,26,30)(H,27,28,29). The summed E-state index contributed by atoms with van der Waals surface area (Å²) in [7, 11) is 0. The Hall–Kier alpha value is -3.93. The summed E-state index contributed by atoms with van der Waals surface area (Å²) in [5.41, 5.74) is 3.16. The monoisotopic (exact) mass is 410 g/mol. The quantitative estimate of drug-likeness (QED) is 0.440. The topological polar surface area (TPSA) is 79.9 Å². The first-order valence-corrected chi connectivity index (χ1v) is 10.4. The van der Waals surface area contributed by atoms with Gasteiger partial charge in [0.05, 0.1) is 0 Å². The molecule has 154 valence electrons. The summed E-state index contributed by atoms with van der Waals surface area (Å²) in [6.07, 6.45) is 2.34. The Bertz CT molecular complexity index is 1180. The van der Waals surface area contributed by atoms with Crippen molar-refractivity contribution in [3.05, 3.63) is 95.8 Å². The van der Waals surface area contributed by atoms with Crippen LogP contribution in [0.4, 0.5) is 5.69 Å². The number of nitrogens with one attached hydrogen (secondary N) is 2. The minimum absolute atomic E-state index is 0.165. The molecule has 0 saturated heterocycles. The fourth-order valence-electron chi connectivity index (χ4n) is 3.32. The van der Waals surface area contributed by atoms with Crippen LogP contribution in [0.15, 0.2) is 78.9 Å². The molecule has 0 spiro atoms. The molecular formula is C25H22N4O2. The summed E-state index contributed by atoms with van der Waals surface area (Å²) in [6, 6.07) is 24.7. The lowest BCUT2D eigenvalue weighted by molar-refractivity contribution is 0.102. The van der Waals surface area contributed by atoms with Crippen molar-refractivity contribution in [3.63, 3.8) is 0 Å². The van der Waals surface area contributed by atoms with Gasteiger partial charge in [0.25, 0.3) is 5.91 Å². The number of anilines is 1. The van der Waals surface area contributed by atoms with E-state index in [-0.39, 0.29) is 5.91 Å². The molecule has 3 aromatic carbocycles. The minimum atomic E-state index is -0.165. The van der Waals surface area contributed by atoms with Crippen molar-refractivity contribution in [1.29, 1.82) is 0 Å². The molecule has 4 aromatic rings. The van der Waals surface area contributed by atoms with Crippen molar-refractivity contribution in [2.45, 2.75) is 25.4 Å². The number of nitrogens with zero attached hydrogens (tertiary/aromatic N) is 2. The molecule has 0 bridgehead atoms. The summed E-state index contributed by atoms with van der Waals surface area (Å²) < 4.78 is 5.75. The van der Waals surface area contributed by atoms with Crippen LogP contribution < -0.4 is 10.1 Å². The molecule has 1 amide bonds. The lowest BCUT2D eigenvalue weighted by Crippen LogP contribution is -2.12. The van der Waals surface area contributed by atoms with Crippen molar-refractivity contribution in [2.24, 2.45) is 0 Å². The van der Waals surface area contributed by atoms with E-state index in [4.69, 9.17) is 4.74 Å².